The molecule has 0 aromatic heterocycles. The Morgan fingerprint density at radius 2 is 2.00 bits per heavy atom. The molecule has 4 aliphatic rings. The van der Waals surface area contributed by atoms with Crippen molar-refractivity contribution in [3.8, 4) is 0 Å². The summed E-state index contributed by atoms with van der Waals surface area (Å²) >= 11 is 0. The van der Waals surface area contributed by atoms with Crippen molar-refractivity contribution in [3.63, 3.8) is 0 Å². The van der Waals surface area contributed by atoms with Gasteiger partial charge in [0.15, 0.2) is 0 Å². The van der Waals surface area contributed by atoms with Gasteiger partial charge < -0.3 is 15.5 Å². The number of nitrogens with one attached hydrogen (secondary N) is 1. The monoisotopic (exact) mass is 305 g/mol. The predicted octanol–water partition coefficient (Wildman–Crippen LogP) is 1.74. The molecule has 1 saturated heterocycles. The second kappa shape index (κ2) is 4.82. The number of fused-ring (bicyclic) bond motifs is 3. The molecule has 1 heterocycles. The minimum absolute atomic E-state index is 0.0160. The van der Waals surface area contributed by atoms with Gasteiger partial charge in [0.05, 0.1) is 11.3 Å². The van der Waals surface area contributed by atoms with E-state index in [1.54, 1.807) is 0 Å². The lowest BCUT2D eigenvalue weighted by atomic mass is 9.61. The molecule has 4 rings (SSSR count). The van der Waals surface area contributed by atoms with E-state index >= 15 is 0 Å². The first-order chi connectivity index (χ1) is 10.5. The zero-order valence-corrected chi connectivity index (χ0v) is 12.6. The average molecular weight is 305 g/mol. The fraction of sp³-hybridized carbons (Fsp3) is 0.765. The van der Waals surface area contributed by atoms with Gasteiger partial charge in [0.1, 0.15) is 0 Å². The van der Waals surface area contributed by atoms with Crippen molar-refractivity contribution < 1.29 is 19.8 Å². The number of hydrogen-bond donors (Lipinski definition) is 3. The molecule has 5 heteroatoms. The van der Waals surface area contributed by atoms with E-state index in [0.29, 0.717) is 18.8 Å². The van der Waals surface area contributed by atoms with E-state index in [4.69, 9.17) is 0 Å². The summed E-state index contributed by atoms with van der Waals surface area (Å²) in [5.41, 5.74) is -0.869. The summed E-state index contributed by atoms with van der Waals surface area (Å²) in [5, 5.41) is 22.9. The van der Waals surface area contributed by atoms with Crippen molar-refractivity contribution in [3.05, 3.63) is 12.2 Å². The molecule has 0 spiro atoms. The molecule has 0 aromatic rings. The number of carboxylic acid groups (broad SMARTS) is 2. The normalized spacial score (nSPS) is 49.3. The van der Waals surface area contributed by atoms with Crippen LogP contribution in [-0.2, 0) is 9.59 Å². The van der Waals surface area contributed by atoms with Crippen LogP contribution in [-0.4, -0.2) is 34.7 Å². The Kier molecular flexibility index (Phi) is 3.12. The predicted molar refractivity (Wildman–Crippen MR) is 79.2 cm³/mol. The van der Waals surface area contributed by atoms with Crippen molar-refractivity contribution in [2.75, 3.05) is 6.54 Å². The summed E-state index contributed by atoms with van der Waals surface area (Å²) in [6.45, 7) is 1.00. The molecule has 120 valence electrons. The molecule has 3 aliphatic carbocycles. The number of hydrogen-bond acceptors (Lipinski definition) is 3. The van der Waals surface area contributed by atoms with Gasteiger partial charge in [0.2, 0.25) is 0 Å². The fourth-order valence-corrected chi connectivity index (χ4v) is 5.71. The molecule has 7 unspecified atom stereocenters. The molecule has 5 nitrogen and oxygen atoms in total. The number of aliphatic carboxylic acids is 2. The third-order valence-corrected chi connectivity index (χ3v) is 6.80. The molecule has 0 radical (unpaired) electrons. The van der Waals surface area contributed by atoms with Gasteiger partial charge in [-0.1, -0.05) is 12.2 Å². The highest BCUT2D eigenvalue weighted by molar-refractivity contribution is 5.79. The molecule has 1 aliphatic heterocycles. The van der Waals surface area contributed by atoms with Gasteiger partial charge in [-0.2, -0.15) is 0 Å². The lowest BCUT2D eigenvalue weighted by Gasteiger charge is -2.43. The molecule has 7 atom stereocenters. The largest absolute Gasteiger partial charge is 0.481 e. The highest BCUT2D eigenvalue weighted by Gasteiger charge is 2.57. The number of carboxylic acids is 2. The van der Waals surface area contributed by atoms with Crippen LogP contribution in [0.3, 0.4) is 0 Å². The molecule has 0 amide bonds. The van der Waals surface area contributed by atoms with E-state index in [1.807, 2.05) is 12.2 Å². The molecule has 3 N–H and O–H groups in total. The lowest BCUT2D eigenvalue weighted by molar-refractivity contribution is -0.154. The molecule has 3 fully saturated rings. The van der Waals surface area contributed by atoms with Gasteiger partial charge in [-0.15, -0.1) is 0 Å². The Hall–Kier alpha value is -1.36. The van der Waals surface area contributed by atoms with Crippen LogP contribution in [0.4, 0.5) is 0 Å². The number of carbonyl (C=O) groups is 2. The second-order valence-electron chi connectivity index (χ2n) is 7.72. The molecule has 2 saturated carbocycles. The zero-order valence-electron chi connectivity index (χ0n) is 12.6. The van der Waals surface area contributed by atoms with E-state index in [-0.39, 0.29) is 29.7 Å². The second-order valence-corrected chi connectivity index (χ2v) is 7.72. The van der Waals surface area contributed by atoms with Crippen LogP contribution in [0.15, 0.2) is 12.2 Å². The standard InChI is InChI=1S/C17H23NO4/c19-15(20)11-2-1-10-3-4-17(16(21)22,7-12(10)11)13-5-9-6-14(13)18-8-9/h3-4,9-14,18H,1-2,5-8H2,(H,19,20)(H,21,22). The first-order valence-electron chi connectivity index (χ1n) is 8.40. The van der Waals surface area contributed by atoms with Gasteiger partial charge >= 0.3 is 11.9 Å². The maximum Gasteiger partial charge on any atom is 0.313 e. The Morgan fingerprint density at radius 3 is 2.59 bits per heavy atom. The van der Waals surface area contributed by atoms with E-state index in [1.165, 1.54) is 0 Å². The van der Waals surface area contributed by atoms with Gasteiger partial charge in [-0.3, -0.25) is 9.59 Å². The van der Waals surface area contributed by atoms with Gasteiger partial charge in [-0.05, 0) is 62.3 Å². The first-order valence-corrected chi connectivity index (χ1v) is 8.40. The molecular weight excluding hydrogens is 282 g/mol. The summed E-state index contributed by atoms with van der Waals surface area (Å²) in [7, 11) is 0. The topological polar surface area (TPSA) is 86.6 Å². The van der Waals surface area contributed by atoms with Crippen molar-refractivity contribution >= 4 is 11.9 Å². The number of allylic oxidation sites excluding steroid dienone is 1. The summed E-state index contributed by atoms with van der Waals surface area (Å²) in [4.78, 5) is 23.7. The van der Waals surface area contributed by atoms with E-state index in [2.05, 4.69) is 5.32 Å². The quantitative estimate of drug-likeness (QED) is 0.691. The van der Waals surface area contributed by atoms with Crippen LogP contribution in [0.25, 0.3) is 0 Å². The summed E-state index contributed by atoms with van der Waals surface area (Å²) in [6.07, 6.45) is 8.04. The van der Waals surface area contributed by atoms with Crippen LogP contribution in [0.2, 0.25) is 0 Å². The zero-order chi connectivity index (χ0) is 15.5. The van der Waals surface area contributed by atoms with Crippen LogP contribution in [0, 0.1) is 35.0 Å². The Bertz CT molecular complexity index is 545. The van der Waals surface area contributed by atoms with Crippen molar-refractivity contribution in [2.24, 2.45) is 35.0 Å². The van der Waals surface area contributed by atoms with Gasteiger partial charge in [0.25, 0.3) is 0 Å². The van der Waals surface area contributed by atoms with E-state index in [9.17, 15) is 19.8 Å². The lowest BCUT2D eigenvalue weighted by Crippen LogP contribution is -2.49. The third-order valence-electron chi connectivity index (χ3n) is 6.80. The Balaban J connectivity index is 1.67. The minimum atomic E-state index is -0.869. The molecular formula is C17H23NO4. The van der Waals surface area contributed by atoms with Crippen LogP contribution in [0.1, 0.15) is 32.1 Å². The van der Waals surface area contributed by atoms with Crippen molar-refractivity contribution in [2.45, 2.75) is 38.1 Å². The van der Waals surface area contributed by atoms with Crippen LogP contribution in [0.5, 0.6) is 0 Å². The van der Waals surface area contributed by atoms with Crippen LogP contribution < -0.4 is 5.32 Å². The highest BCUT2D eigenvalue weighted by atomic mass is 16.4. The third kappa shape index (κ3) is 1.87. The number of piperidine rings is 1. The van der Waals surface area contributed by atoms with Gasteiger partial charge in [-0.25, -0.2) is 0 Å². The molecule has 2 bridgehead atoms. The SMILES string of the molecule is O=C(O)C1CCC2C=CC(C(=O)O)(C3CC4CNC3C4)CC21. The maximum atomic E-state index is 12.2. The highest BCUT2D eigenvalue weighted by Crippen LogP contribution is 2.56. The van der Waals surface area contributed by atoms with E-state index in [0.717, 1.165) is 25.8 Å². The Morgan fingerprint density at radius 1 is 1.18 bits per heavy atom. The average Bonchev–Trinajstić information content (AvgIpc) is 3.20. The Labute approximate surface area is 129 Å². The fourth-order valence-electron chi connectivity index (χ4n) is 5.71. The van der Waals surface area contributed by atoms with Crippen LogP contribution >= 0.6 is 0 Å². The van der Waals surface area contributed by atoms with Crippen molar-refractivity contribution in [1.29, 1.82) is 0 Å². The van der Waals surface area contributed by atoms with E-state index < -0.39 is 17.4 Å². The van der Waals surface area contributed by atoms with Gasteiger partial charge in [0, 0.05) is 6.04 Å². The minimum Gasteiger partial charge on any atom is -0.481 e. The first kappa shape index (κ1) is 14.2. The molecule has 0 aromatic carbocycles. The summed E-state index contributed by atoms with van der Waals surface area (Å²) in [6, 6.07) is 0.284. The number of rotatable bonds is 3. The summed E-state index contributed by atoms with van der Waals surface area (Å²) < 4.78 is 0. The van der Waals surface area contributed by atoms with Crippen molar-refractivity contribution in [1.82, 2.24) is 5.32 Å². The summed E-state index contributed by atoms with van der Waals surface area (Å²) in [5.74, 6) is -0.962. The molecule has 22 heavy (non-hydrogen) atoms. The smallest absolute Gasteiger partial charge is 0.313 e. The maximum absolute atomic E-state index is 12.2.